The Morgan fingerprint density at radius 1 is 1.53 bits per heavy atom. The second-order valence-electron chi connectivity index (χ2n) is 4.69. The quantitative estimate of drug-likeness (QED) is 0.804. The molecule has 1 heterocycles. The molecule has 0 spiro atoms. The first-order valence-electron chi connectivity index (χ1n) is 5.61. The molecule has 94 valence electrons. The van der Waals surface area contributed by atoms with Crippen molar-refractivity contribution < 1.29 is 9.50 Å². The first kappa shape index (κ1) is 12.6. The molecule has 1 unspecified atom stereocenters. The second kappa shape index (κ2) is 4.80. The summed E-state index contributed by atoms with van der Waals surface area (Å²) in [6.07, 6.45) is 0. The van der Waals surface area contributed by atoms with Crippen molar-refractivity contribution in [2.24, 2.45) is 0 Å². The zero-order valence-corrected chi connectivity index (χ0v) is 10.5. The largest absolute Gasteiger partial charge is 0.387 e. The van der Waals surface area contributed by atoms with Crippen molar-refractivity contribution in [3.8, 4) is 0 Å². The summed E-state index contributed by atoms with van der Waals surface area (Å²) in [5.74, 6) is -0.421. The fourth-order valence-corrected chi connectivity index (χ4v) is 2.19. The molecular formula is C12H16ClFN2O. The number of aliphatic hydroxyl groups is 1. The SMILES string of the molecule is CC1(O)CNCCN(c2ccc(F)c(Cl)c2)C1. The van der Waals surface area contributed by atoms with E-state index in [0.717, 1.165) is 18.8 Å². The van der Waals surface area contributed by atoms with Gasteiger partial charge in [0.05, 0.1) is 10.6 Å². The Balaban J connectivity index is 2.22. The average Bonchev–Trinajstić information content (AvgIpc) is 2.43. The molecule has 5 heteroatoms. The Morgan fingerprint density at radius 2 is 2.29 bits per heavy atom. The molecular weight excluding hydrogens is 243 g/mol. The van der Waals surface area contributed by atoms with E-state index in [-0.39, 0.29) is 5.02 Å². The molecule has 1 aromatic carbocycles. The summed E-state index contributed by atoms with van der Waals surface area (Å²) in [6, 6.07) is 4.63. The fraction of sp³-hybridized carbons (Fsp3) is 0.500. The summed E-state index contributed by atoms with van der Waals surface area (Å²) in [5.41, 5.74) is 0.0394. The molecule has 1 aliphatic heterocycles. The van der Waals surface area contributed by atoms with Crippen LogP contribution >= 0.6 is 11.6 Å². The number of hydrogen-bond acceptors (Lipinski definition) is 3. The number of nitrogens with one attached hydrogen (secondary N) is 1. The zero-order chi connectivity index (χ0) is 12.5. The second-order valence-corrected chi connectivity index (χ2v) is 5.10. The highest BCUT2D eigenvalue weighted by atomic mass is 35.5. The van der Waals surface area contributed by atoms with Crippen LogP contribution in [-0.2, 0) is 0 Å². The predicted molar refractivity (Wildman–Crippen MR) is 67.1 cm³/mol. The minimum atomic E-state index is -0.794. The smallest absolute Gasteiger partial charge is 0.141 e. The molecule has 0 aliphatic carbocycles. The highest BCUT2D eigenvalue weighted by Gasteiger charge is 2.26. The van der Waals surface area contributed by atoms with E-state index in [2.05, 4.69) is 5.32 Å². The molecule has 0 bridgehead atoms. The Bertz CT molecular complexity index is 411. The maximum Gasteiger partial charge on any atom is 0.141 e. The lowest BCUT2D eigenvalue weighted by Gasteiger charge is -2.29. The van der Waals surface area contributed by atoms with Gasteiger partial charge in [-0.3, -0.25) is 0 Å². The Labute approximate surface area is 105 Å². The normalized spacial score (nSPS) is 25.8. The lowest BCUT2D eigenvalue weighted by Crippen LogP contribution is -2.43. The van der Waals surface area contributed by atoms with Crippen molar-refractivity contribution in [2.75, 3.05) is 31.1 Å². The molecule has 2 rings (SSSR count). The molecule has 17 heavy (non-hydrogen) atoms. The van der Waals surface area contributed by atoms with E-state index in [0.29, 0.717) is 13.1 Å². The minimum Gasteiger partial charge on any atom is -0.387 e. The molecule has 1 aliphatic rings. The van der Waals surface area contributed by atoms with Crippen LogP contribution in [0.1, 0.15) is 6.92 Å². The standard InChI is InChI=1S/C12H16ClFN2O/c1-12(17)7-15-4-5-16(8-12)9-2-3-11(14)10(13)6-9/h2-3,6,15,17H,4-5,7-8H2,1H3. The van der Waals surface area contributed by atoms with Crippen molar-refractivity contribution in [3.05, 3.63) is 29.0 Å². The van der Waals surface area contributed by atoms with Crippen LogP contribution in [0.3, 0.4) is 0 Å². The van der Waals surface area contributed by atoms with Gasteiger partial charge in [-0.15, -0.1) is 0 Å². The van der Waals surface area contributed by atoms with Crippen molar-refractivity contribution in [3.63, 3.8) is 0 Å². The molecule has 3 nitrogen and oxygen atoms in total. The van der Waals surface area contributed by atoms with Gasteiger partial charge in [-0.25, -0.2) is 4.39 Å². The topological polar surface area (TPSA) is 35.5 Å². The molecule has 1 fully saturated rings. The van der Waals surface area contributed by atoms with Gasteiger partial charge in [0.2, 0.25) is 0 Å². The van der Waals surface area contributed by atoms with Crippen molar-refractivity contribution in [2.45, 2.75) is 12.5 Å². The first-order valence-corrected chi connectivity index (χ1v) is 5.99. The number of rotatable bonds is 1. The third-order valence-electron chi connectivity index (χ3n) is 2.86. The first-order chi connectivity index (χ1) is 7.98. The van der Waals surface area contributed by atoms with Crippen molar-refractivity contribution >= 4 is 17.3 Å². The molecule has 1 atom stereocenters. The van der Waals surface area contributed by atoms with Gasteiger partial charge < -0.3 is 15.3 Å². The highest BCUT2D eigenvalue weighted by molar-refractivity contribution is 6.31. The lowest BCUT2D eigenvalue weighted by atomic mass is 10.1. The van der Waals surface area contributed by atoms with Crippen LogP contribution < -0.4 is 10.2 Å². The third kappa shape index (κ3) is 3.09. The summed E-state index contributed by atoms with van der Waals surface area (Å²) in [5, 5.41) is 13.4. The summed E-state index contributed by atoms with van der Waals surface area (Å²) in [7, 11) is 0. The molecule has 0 aromatic heterocycles. The fourth-order valence-electron chi connectivity index (χ4n) is 2.02. The van der Waals surface area contributed by atoms with Crippen LogP contribution in [0.4, 0.5) is 10.1 Å². The number of benzene rings is 1. The Kier molecular flexibility index (Phi) is 3.56. The van der Waals surface area contributed by atoms with E-state index in [1.54, 1.807) is 19.1 Å². The van der Waals surface area contributed by atoms with Crippen molar-refractivity contribution in [1.82, 2.24) is 5.32 Å². The lowest BCUT2D eigenvalue weighted by molar-refractivity contribution is 0.0729. The van der Waals surface area contributed by atoms with E-state index in [4.69, 9.17) is 11.6 Å². The number of nitrogens with zero attached hydrogens (tertiary/aromatic N) is 1. The van der Waals surface area contributed by atoms with E-state index >= 15 is 0 Å². The van der Waals surface area contributed by atoms with Gasteiger partial charge in [0.15, 0.2) is 0 Å². The van der Waals surface area contributed by atoms with Gasteiger partial charge in [-0.2, -0.15) is 0 Å². The van der Waals surface area contributed by atoms with Crippen LogP contribution in [0.15, 0.2) is 18.2 Å². The summed E-state index contributed by atoms with van der Waals surface area (Å²) in [4.78, 5) is 2.01. The highest BCUT2D eigenvalue weighted by Crippen LogP contribution is 2.24. The van der Waals surface area contributed by atoms with Gasteiger partial charge >= 0.3 is 0 Å². The van der Waals surface area contributed by atoms with E-state index in [9.17, 15) is 9.50 Å². The monoisotopic (exact) mass is 258 g/mol. The van der Waals surface area contributed by atoms with Gasteiger partial charge in [-0.05, 0) is 25.1 Å². The van der Waals surface area contributed by atoms with Crippen molar-refractivity contribution in [1.29, 1.82) is 0 Å². The molecule has 0 amide bonds. The van der Waals surface area contributed by atoms with Gasteiger partial charge in [0.25, 0.3) is 0 Å². The molecule has 0 radical (unpaired) electrons. The van der Waals surface area contributed by atoms with E-state index < -0.39 is 11.4 Å². The van der Waals surface area contributed by atoms with Gasteiger partial charge in [-0.1, -0.05) is 11.6 Å². The maximum absolute atomic E-state index is 13.1. The van der Waals surface area contributed by atoms with Gasteiger partial charge in [0, 0.05) is 31.9 Å². The number of hydrogen-bond donors (Lipinski definition) is 2. The number of halogens is 2. The number of anilines is 1. The van der Waals surface area contributed by atoms with Crippen LogP contribution in [0.25, 0.3) is 0 Å². The predicted octanol–water partition coefficient (Wildman–Crippen LogP) is 1.64. The van der Waals surface area contributed by atoms with Crippen LogP contribution in [-0.4, -0.2) is 36.9 Å². The Hall–Kier alpha value is -0.840. The van der Waals surface area contributed by atoms with E-state index in [1.165, 1.54) is 6.07 Å². The molecule has 2 N–H and O–H groups in total. The van der Waals surface area contributed by atoms with Crippen LogP contribution in [0, 0.1) is 5.82 Å². The average molecular weight is 259 g/mol. The van der Waals surface area contributed by atoms with Crippen LogP contribution in [0.5, 0.6) is 0 Å². The van der Waals surface area contributed by atoms with E-state index in [1.807, 2.05) is 4.90 Å². The molecule has 0 saturated carbocycles. The molecule has 1 aromatic rings. The minimum absolute atomic E-state index is 0.111. The zero-order valence-electron chi connectivity index (χ0n) is 9.71. The molecule has 1 saturated heterocycles. The summed E-state index contributed by atoms with van der Waals surface area (Å²) < 4.78 is 13.1. The third-order valence-corrected chi connectivity index (χ3v) is 3.15. The number of β-amino-alcohol motifs (C(OH)–C–C–N with tert-alkyl or cyclic N) is 1. The summed E-state index contributed by atoms with van der Waals surface area (Å²) >= 11 is 5.77. The van der Waals surface area contributed by atoms with Gasteiger partial charge in [0.1, 0.15) is 5.82 Å². The van der Waals surface area contributed by atoms with Crippen LogP contribution in [0.2, 0.25) is 5.02 Å². The Morgan fingerprint density at radius 3 is 3.00 bits per heavy atom. The maximum atomic E-state index is 13.1. The summed E-state index contributed by atoms with van der Waals surface area (Å²) in [6.45, 7) is 4.38.